The Morgan fingerprint density at radius 2 is 1.94 bits per heavy atom. The van der Waals surface area contributed by atoms with Crippen molar-refractivity contribution in [2.75, 3.05) is 5.32 Å². The van der Waals surface area contributed by atoms with Crippen LogP contribution in [0.3, 0.4) is 0 Å². The number of aryl methyl sites for hydroxylation is 1. The minimum absolute atomic E-state index is 0.00194. The number of nitro groups is 1. The molecule has 4 aliphatic rings. The van der Waals surface area contributed by atoms with Crippen molar-refractivity contribution in [3.63, 3.8) is 0 Å². The lowest BCUT2D eigenvalue weighted by molar-refractivity contribution is -0.385. The first-order valence-corrected chi connectivity index (χ1v) is 12.4. The van der Waals surface area contributed by atoms with Gasteiger partial charge in [0.25, 0.3) is 0 Å². The Morgan fingerprint density at radius 1 is 1.20 bits per heavy atom. The van der Waals surface area contributed by atoms with Gasteiger partial charge in [0.2, 0.25) is 5.91 Å². The maximum atomic E-state index is 13.2. The summed E-state index contributed by atoms with van der Waals surface area (Å²) < 4.78 is 3.76. The summed E-state index contributed by atoms with van der Waals surface area (Å²) >= 11 is 0. The maximum absolute atomic E-state index is 13.2. The summed E-state index contributed by atoms with van der Waals surface area (Å²) in [4.78, 5) is 24.1. The molecular formula is C26H30N6O3. The molecule has 35 heavy (non-hydrogen) atoms. The second-order valence-corrected chi connectivity index (χ2v) is 11.1. The van der Waals surface area contributed by atoms with Gasteiger partial charge in [0.15, 0.2) is 5.82 Å². The quantitative estimate of drug-likeness (QED) is 0.395. The fraction of sp³-hybridized carbons (Fsp3) is 0.500. The first-order valence-electron chi connectivity index (χ1n) is 12.4. The second-order valence-electron chi connectivity index (χ2n) is 11.1. The van der Waals surface area contributed by atoms with Crippen molar-refractivity contribution in [2.24, 2.45) is 17.3 Å². The van der Waals surface area contributed by atoms with Gasteiger partial charge >= 0.3 is 5.69 Å². The Kier molecular flexibility index (Phi) is 5.05. The van der Waals surface area contributed by atoms with Gasteiger partial charge in [0.1, 0.15) is 12.4 Å². The third kappa shape index (κ3) is 4.02. The van der Waals surface area contributed by atoms with Crippen LogP contribution in [0.25, 0.3) is 0 Å². The van der Waals surface area contributed by atoms with E-state index in [0.717, 1.165) is 43.4 Å². The van der Waals surface area contributed by atoms with E-state index in [4.69, 9.17) is 0 Å². The first kappa shape index (κ1) is 22.0. The molecule has 4 atom stereocenters. The molecule has 4 bridgehead atoms. The zero-order chi connectivity index (χ0) is 24.2. The molecule has 0 spiro atoms. The second kappa shape index (κ2) is 8.03. The van der Waals surface area contributed by atoms with Gasteiger partial charge in [-0.15, -0.1) is 0 Å². The van der Waals surface area contributed by atoms with Crippen LogP contribution in [0, 0.1) is 34.3 Å². The SMILES string of the molecule is Cc1cc(NC(=O)CC23C[C@H]4C[C@@H](C2)CC(n2cc([N+](=O)[O-])cn2)(C4)C3)nn1Cc1ccccc1. The third-order valence-electron chi connectivity index (χ3n) is 8.38. The summed E-state index contributed by atoms with van der Waals surface area (Å²) in [5.41, 5.74) is 1.89. The smallest absolute Gasteiger partial charge is 0.307 e. The topological polar surface area (TPSA) is 108 Å². The van der Waals surface area contributed by atoms with Gasteiger partial charge in [-0.25, -0.2) is 0 Å². The number of hydrogen-bond donors (Lipinski definition) is 1. The van der Waals surface area contributed by atoms with E-state index in [1.807, 2.05) is 40.6 Å². The molecule has 7 rings (SSSR count). The van der Waals surface area contributed by atoms with Crippen molar-refractivity contribution >= 4 is 17.4 Å². The molecule has 4 fully saturated rings. The summed E-state index contributed by atoms with van der Waals surface area (Å²) in [6.07, 6.45) is 9.51. The molecule has 0 saturated heterocycles. The summed E-state index contributed by atoms with van der Waals surface area (Å²) in [7, 11) is 0. The van der Waals surface area contributed by atoms with E-state index in [1.54, 1.807) is 6.20 Å². The average molecular weight is 475 g/mol. The molecule has 3 aromatic rings. The van der Waals surface area contributed by atoms with Crippen LogP contribution in [-0.4, -0.2) is 30.4 Å². The van der Waals surface area contributed by atoms with E-state index < -0.39 is 0 Å². The lowest BCUT2D eigenvalue weighted by atomic mass is 9.46. The Labute approximate surface area is 203 Å². The van der Waals surface area contributed by atoms with Gasteiger partial charge in [-0.3, -0.25) is 24.3 Å². The van der Waals surface area contributed by atoms with Gasteiger partial charge in [0.05, 0.1) is 17.0 Å². The molecule has 4 saturated carbocycles. The Bertz CT molecular complexity index is 1270. The molecular weight excluding hydrogens is 444 g/mol. The van der Waals surface area contributed by atoms with Crippen LogP contribution < -0.4 is 5.32 Å². The molecule has 9 nitrogen and oxygen atoms in total. The molecule has 0 aliphatic heterocycles. The lowest BCUT2D eigenvalue weighted by Gasteiger charge is -2.61. The molecule has 4 aliphatic carbocycles. The van der Waals surface area contributed by atoms with Crippen LogP contribution in [0.1, 0.15) is 56.2 Å². The normalized spacial score (nSPS) is 28.8. The van der Waals surface area contributed by atoms with Crippen molar-refractivity contribution < 1.29 is 9.72 Å². The number of nitrogens with one attached hydrogen (secondary N) is 1. The monoisotopic (exact) mass is 474 g/mol. The van der Waals surface area contributed by atoms with Gasteiger partial charge in [-0.1, -0.05) is 30.3 Å². The number of anilines is 1. The molecule has 9 heteroatoms. The highest BCUT2D eigenvalue weighted by molar-refractivity contribution is 5.90. The van der Waals surface area contributed by atoms with E-state index in [-0.39, 0.29) is 27.5 Å². The Hall–Kier alpha value is -3.49. The highest BCUT2D eigenvalue weighted by atomic mass is 16.6. The standard InChI is InChI=1S/C26H30N6O3/c1-18-7-23(29-30(18)15-19-5-3-2-4-6-19)28-24(33)13-25-9-20-8-21(10-25)12-26(11-20,17-25)31-16-22(14-27-31)32(34)35/h2-7,14,16,20-21H,8-13,15,17H2,1H3,(H,28,29,33)/t20-,21+,25?,26?. The number of benzene rings is 1. The number of aromatic nitrogens is 4. The zero-order valence-corrected chi connectivity index (χ0v) is 19.9. The highest BCUT2D eigenvalue weighted by Gasteiger charge is 2.59. The van der Waals surface area contributed by atoms with Crippen LogP contribution >= 0.6 is 0 Å². The molecule has 1 N–H and O–H groups in total. The molecule has 2 heterocycles. The number of hydrogen-bond acceptors (Lipinski definition) is 5. The Morgan fingerprint density at radius 3 is 2.63 bits per heavy atom. The largest absolute Gasteiger partial charge is 0.309 e. The zero-order valence-electron chi connectivity index (χ0n) is 19.9. The number of rotatable bonds is 7. The fourth-order valence-electron chi connectivity index (χ4n) is 7.56. The molecule has 0 radical (unpaired) electrons. The van der Waals surface area contributed by atoms with Crippen LogP contribution in [0.5, 0.6) is 0 Å². The molecule has 2 aromatic heterocycles. The number of amides is 1. The lowest BCUT2D eigenvalue weighted by Crippen LogP contribution is -2.57. The van der Waals surface area contributed by atoms with Crippen LogP contribution in [-0.2, 0) is 16.9 Å². The summed E-state index contributed by atoms with van der Waals surface area (Å²) in [5, 5.41) is 23.3. The van der Waals surface area contributed by atoms with Crippen LogP contribution in [0.15, 0.2) is 48.8 Å². The number of nitrogens with zero attached hydrogens (tertiary/aromatic N) is 5. The van der Waals surface area contributed by atoms with E-state index in [2.05, 4.69) is 27.6 Å². The number of carbonyl (C=O) groups is 1. The average Bonchev–Trinajstić information content (AvgIpc) is 3.41. The van der Waals surface area contributed by atoms with E-state index >= 15 is 0 Å². The van der Waals surface area contributed by atoms with E-state index in [1.165, 1.54) is 12.6 Å². The predicted octanol–water partition coefficient (Wildman–Crippen LogP) is 4.67. The first-order chi connectivity index (χ1) is 16.8. The fourth-order valence-corrected chi connectivity index (χ4v) is 7.56. The van der Waals surface area contributed by atoms with Gasteiger partial charge in [-0.05, 0) is 68.3 Å². The minimum atomic E-state index is -0.383. The van der Waals surface area contributed by atoms with Crippen LogP contribution in [0.4, 0.5) is 11.5 Å². The molecule has 1 aromatic carbocycles. The Balaban J connectivity index is 1.18. The minimum Gasteiger partial charge on any atom is -0.309 e. The molecule has 2 unspecified atom stereocenters. The summed E-state index contributed by atoms with van der Waals surface area (Å²) in [6.45, 7) is 2.66. The van der Waals surface area contributed by atoms with Gasteiger partial charge < -0.3 is 5.32 Å². The molecule has 182 valence electrons. The summed E-state index contributed by atoms with van der Waals surface area (Å²) in [6, 6.07) is 12.1. The van der Waals surface area contributed by atoms with Crippen molar-refractivity contribution in [1.29, 1.82) is 0 Å². The van der Waals surface area contributed by atoms with Gasteiger partial charge in [0, 0.05) is 18.2 Å². The van der Waals surface area contributed by atoms with Crippen molar-refractivity contribution in [1.82, 2.24) is 19.6 Å². The van der Waals surface area contributed by atoms with Crippen molar-refractivity contribution in [3.05, 3.63) is 70.2 Å². The van der Waals surface area contributed by atoms with E-state index in [0.29, 0.717) is 30.6 Å². The summed E-state index contributed by atoms with van der Waals surface area (Å²) in [5.74, 6) is 1.67. The highest BCUT2D eigenvalue weighted by Crippen LogP contribution is 2.65. The predicted molar refractivity (Wildman–Crippen MR) is 130 cm³/mol. The maximum Gasteiger partial charge on any atom is 0.307 e. The molecule has 1 amide bonds. The van der Waals surface area contributed by atoms with Crippen molar-refractivity contribution in [2.45, 2.75) is 64.0 Å². The van der Waals surface area contributed by atoms with Crippen molar-refractivity contribution in [3.8, 4) is 0 Å². The van der Waals surface area contributed by atoms with Crippen LogP contribution in [0.2, 0.25) is 0 Å². The van der Waals surface area contributed by atoms with E-state index in [9.17, 15) is 14.9 Å². The third-order valence-corrected chi connectivity index (χ3v) is 8.38. The van der Waals surface area contributed by atoms with Gasteiger partial charge in [-0.2, -0.15) is 10.2 Å². The number of carbonyl (C=O) groups excluding carboxylic acids is 1.